The van der Waals surface area contributed by atoms with Crippen molar-refractivity contribution >= 4 is 5.97 Å². The van der Waals surface area contributed by atoms with E-state index in [0.717, 1.165) is 0 Å². The fraction of sp³-hybridized carbons (Fsp3) is 0. The van der Waals surface area contributed by atoms with Crippen molar-refractivity contribution in [2.45, 2.75) is 0 Å². The van der Waals surface area contributed by atoms with E-state index in [0.29, 0.717) is 5.82 Å². The normalized spacial score (nSPS) is 10.0. The highest BCUT2D eigenvalue weighted by Gasteiger charge is 2.09. The molecule has 6 heteroatoms. The first-order valence-electron chi connectivity index (χ1n) is 3.84. The molecule has 6 nitrogen and oxygen atoms in total. The number of aromatic nitrogens is 4. The Bertz CT molecular complexity index is 451. The second kappa shape index (κ2) is 3.25. The van der Waals surface area contributed by atoms with E-state index in [1.54, 1.807) is 24.4 Å². The molecule has 0 atom stereocenters. The highest BCUT2D eigenvalue weighted by Crippen LogP contribution is 2.00. The first-order chi connectivity index (χ1) is 6.77. The molecule has 0 aliphatic rings. The van der Waals surface area contributed by atoms with Gasteiger partial charge in [-0.1, -0.05) is 6.07 Å². The highest BCUT2D eigenvalue weighted by atomic mass is 16.4. The number of aromatic carboxylic acids is 1. The summed E-state index contributed by atoms with van der Waals surface area (Å²) in [7, 11) is 0. The van der Waals surface area contributed by atoms with Gasteiger partial charge in [0.15, 0.2) is 5.82 Å². The number of carboxylic acid groups (broad SMARTS) is 1. The number of pyridine rings is 1. The minimum Gasteiger partial charge on any atom is -0.475 e. The molecule has 2 aromatic rings. The van der Waals surface area contributed by atoms with Gasteiger partial charge in [-0.05, 0) is 12.1 Å². The number of carboxylic acids is 1. The molecule has 70 valence electrons. The van der Waals surface area contributed by atoms with Gasteiger partial charge in [-0.15, -0.1) is 5.10 Å². The van der Waals surface area contributed by atoms with Crippen LogP contribution in [0.2, 0.25) is 0 Å². The van der Waals surface area contributed by atoms with E-state index in [4.69, 9.17) is 5.11 Å². The van der Waals surface area contributed by atoms with Gasteiger partial charge in [0.1, 0.15) is 6.33 Å². The summed E-state index contributed by atoms with van der Waals surface area (Å²) in [6.07, 6.45) is 2.91. The first-order valence-corrected chi connectivity index (χ1v) is 3.84. The molecule has 0 fully saturated rings. The summed E-state index contributed by atoms with van der Waals surface area (Å²) < 4.78 is 1.31. The summed E-state index contributed by atoms with van der Waals surface area (Å²) in [4.78, 5) is 18.1. The lowest BCUT2D eigenvalue weighted by Crippen LogP contribution is -2.02. The largest absolute Gasteiger partial charge is 0.475 e. The molecule has 0 bridgehead atoms. The van der Waals surface area contributed by atoms with Crippen LogP contribution in [0.5, 0.6) is 0 Å². The zero-order valence-electron chi connectivity index (χ0n) is 7.03. The van der Waals surface area contributed by atoms with E-state index in [1.165, 1.54) is 11.0 Å². The lowest BCUT2D eigenvalue weighted by molar-refractivity contribution is 0.0683. The van der Waals surface area contributed by atoms with Gasteiger partial charge < -0.3 is 5.11 Å². The summed E-state index contributed by atoms with van der Waals surface area (Å²) in [5.41, 5.74) is 0. The van der Waals surface area contributed by atoms with Crippen molar-refractivity contribution in [2.75, 3.05) is 0 Å². The van der Waals surface area contributed by atoms with Gasteiger partial charge in [0.05, 0.1) is 0 Å². The second-order valence-corrected chi connectivity index (χ2v) is 2.51. The molecular weight excluding hydrogens is 184 g/mol. The smallest absolute Gasteiger partial charge is 0.375 e. The Hall–Kier alpha value is -2.24. The molecule has 0 spiro atoms. The number of nitrogens with zero attached hydrogens (tertiary/aromatic N) is 4. The van der Waals surface area contributed by atoms with Gasteiger partial charge in [-0.2, -0.15) is 0 Å². The monoisotopic (exact) mass is 190 g/mol. The number of carbonyl (C=O) groups is 1. The Kier molecular flexibility index (Phi) is 1.94. The third-order valence-electron chi connectivity index (χ3n) is 1.57. The summed E-state index contributed by atoms with van der Waals surface area (Å²) in [5, 5.41) is 12.3. The van der Waals surface area contributed by atoms with E-state index in [2.05, 4.69) is 15.1 Å². The van der Waals surface area contributed by atoms with Crippen LogP contribution in [0.1, 0.15) is 10.6 Å². The van der Waals surface area contributed by atoms with Crippen LogP contribution in [0.15, 0.2) is 30.7 Å². The van der Waals surface area contributed by atoms with Crippen molar-refractivity contribution in [3.63, 3.8) is 0 Å². The maximum absolute atomic E-state index is 10.5. The van der Waals surface area contributed by atoms with Crippen molar-refractivity contribution in [1.29, 1.82) is 0 Å². The predicted octanol–water partition coefficient (Wildman–Crippen LogP) is 0.360. The average Bonchev–Trinajstić information content (AvgIpc) is 2.68. The topological polar surface area (TPSA) is 80.9 Å². The number of hydrogen-bond donors (Lipinski definition) is 1. The Balaban J connectivity index is 2.39. The van der Waals surface area contributed by atoms with Crippen LogP contribution in [-0.2, 0) is 0 Å². The van der Waals surface area contributed by atoms with Crippen LogP contribution in [0, 0.1) is 0 Å². The summed E-state index contributed by atoms with van der Waals surface area (Å²) in [6.45, 7) is 0. The maximum Gasteiger partial charge on any atom is 0.375 e. The fourth-order valence-corrected chi connectivity index (χ4v) is 0.961. The van der Waals surface area contributed by atoms with E-state index < -0.39 is 5.97 Å². The van der Waals surface area contributed by atoms with Gasteiger partial charge in [-0.25, -0.2) is 19.4 Å². The van der Waals surface area contributed by atoms with Gasteiger partial charge in [0.25, 0.3) is 5.82 Å². The minimum absolute atomic E-state index is 0.240. The summed E-state index contributed by atoms with van der Waals surface area (Å²) >= 11 is 0. The van der Waals surface area contributed by atoms with Crippen LogP contribution in [0.4, 0.5) is 0 Å². The molecule has 14 heavy (non-hydrogen) atoms. The van der Waals surface area contributed by atoms with Crippen molar-refractivity contribution in [3.05, 3.63) is 36.5 Å². The SMILES string of the molecule is O=C(O)c1ncn(-c2ccccn2)n1. The van der Waals surface area contributed by atoms with E-state index in [1.807, 2.05) is 0 Å². The lowest BCUT2D eigenvalue weighted by Gasteiger charge is -1.95. The molecule has 1 N–H and O–H groups in total. The molecule has 0 aliphatic carbocycles. The standard InChI is InChI=1S/C8H6N4O2/c13-8(14)7-10-5-12(11-7)6-3-1-2-4-9-6/h1-5H,(H,13,14). The van der Waals surface area contributed by atoms with E-state index in [-0.39, 0.29) is 5.82 Å². The number of rotatable bonds is 2. The Morgan fingerprint density at radius 2 is 2.21 bits per heavy atom. The van der Waals surface area contributed by atoms with Gasteiger partial charge in [0.2, 0.25) is 0 Å². The molecular formula is C8H6N4O2. The quantitative estimate of drug-likeness (QED) is 0.739. The van der Waals surface area contributed by atoms with Crippen molar-refractivity contribution in [1.82, 2.24) is 19.7 Å². The van der Waals surface area contributed by atoms with Crippen LogP contribution in [-0.4, -0.2) is 30.8 Å². The molecule has 2 heterocycles. The van der Waals surface area contributed by atoms with Gasteiger partial charge in [-0.3, -0.25) is 0 Å². The highest BCUT2D eigenvalue weighted by molar-refractivity contribution is 5.82. The van der Waals surface area contributed by atoms with Crippen molar-refractivity contribution in [2.24, 2.45) is 0 Å². The minimum atomic E-state index is -1.15. The van der Waals surface area contributed by atoms with Crippen molar-refractivity contribution in [3.8, 4) is 5.82 Å². The molecule has 0 saturated carbocycles. The molecule has 0 aliphatic heterocycles. The Morgan fingerprint density at radius 1 is 1.36 bits per heavy atom. The predicted molar refractivity (Wildman–Crippen MR) is 46.1 cm³/mol. The molecule has 0 saturated heterocycles. The Labute approximate surface area is 78.9 Å². The van der Waals surface area contributed by atoms with Crippen LogP contribution in [0.3, 0.4) is 0 Å². The van der Waals surface area contributed by atoms with E-state index >= 15 is 0 Å². The molecule has 0 aromatic carbocycles. The molecule has 0 radical (unpaired) electrons. The molecule has 2 aromatic heterocycles. The zero-order valence-corrected chi connectivity index (χ0v) is 7.03. The molecule has 2 rings (SSSR count). The number of hydrogen-bond acceptors (Lipinski definition) is 4. The van der Waals surface area contributed by atoms with Crippen molar-refractivity contribution < 1.29 is 9.90 Å². The maximum atomic E-state index is 10.5. The fourth-order valence-electron chi connectivity index (χ4n) is 0.961. The van der Waals surface area contributed by atoms with Gasteiger partial charge >= 0.3 is 5.97 Å². The summed E-state index contributed by atoms with van der Waals surface area (Å²) in [5.74, 6) is -0.858. The van der Waals surface area contributed by atoms with Gasteiger partial charge in [0, 0.05) is 6.20 Å². The third-order valence-corrected chi connectivity index (χ3v) is 1.57. The third kappa shape index (κ3) is 1.45. The van der Waals surface area contributed by atoms with Crippen LogP contribution >= 0.6 is 0 Å². The average molecular weight is 190 g/mol. The Morgan fingerprint density at radius 3 is 2.79 bits per heavy atom. The summed E-state index contributed by atoms with van der Waals surface area (Å²) in [6, 6.07) is 5.25. The lowest BCUT2D eigenvalue weighted by atomic mass is 10.5. The van der Waals surface area contributed by atoms with Crippen LogP contribution in [0.25, 0.3) is 5.82 Å². The van der Waals surface area contributed by atoms with Crippen LogP contribution < -0.4 is 0 Å². The van der Waals surface area contributed by atoms with E-state index in [9.17, 15) is 4.79 Å². The molecule has 0 unspecified atom stereocenters. The zero-order chi connectivity index (χ0) is 9.97. The second-order valence-electron chi connectivity index (χ2n) is 2.51. The first kappa shape index (κ1) is 8.36. The molecule has 0 amide bonds.